The number of H-pyrrole nitrogens is 2. The molecule has 146 valence electrons. The lowest BCUT2D eigenvalue weighted by molar-refractivity contribution is 0.0948. The first-order chi connectivity index (χ1) is 14.0. The zero-order chi connectivity index (χ0) is 20.4. The number of hydrogen-bond acceptors (Lipinski definition) is 2. The standard InChI is InChI=1S/C23H20ClN3O2/c1-14(28)15-10-22(25-11-15)23(29)27-13-18(16-6-2-4-8-20(16)24)19-12-26-21-9-5-3-7-17(19)21/h2-12,18,25-26H,13H2,1H3,(H,27,29)/t18-/m0/s1. The van der Waals surface area contributed by atoms with Crippen molar-refractivity contribution in [2.45, 2.75) is 12.8 Å². The van der Waals surface area contributed by atoms with Crippen LogP contribution in [0.5, 0.6) is 0 Å². The van der Waals surface area contributed by atoms with Gasteiger partial charge in [-0.1, -0.05) is 48.0 Å². The number of Topliss-reactive ketones (excluding diaryl/α,β-unsaturated/α-hetero) is 1. The van der Waals surface area contributed by atoms with E-state index in [0.717, 1.165) is 22.0 Å². The van der Waals surface area contributed by atoms with Crippen LogP contribution in [-0.4, -0.2) is 28.2 Å². The molecule has 2 aromatic carbocycles. The average molecular weight is 406 g/mol. The van der Waals surface area contributed by atoms with E-state index in [1.54, 1.807) is 12.3 Å². The second kappa shape index (κ2) is 7.97. The minimum absolute atomic E-state index is 0.0898. The number of carbonyl (C=O) groups excluding carboxylic acids is 2. The number of fused-ring (bicyclic) bond motifs is 1. The number of aromatic nitrogens is 2. The van der Waals surface area contributed by atoms with E-state index in [4.69, 9.17) is 11.6 Å². The van der Waals surface area contributed by atoms with Crippen LogP contribution in [0.2, 0.25) is 5.02 Å². The highest BCUT2D eigenvalue weighted by molar-refractivity contribution is 6.31. The molecule has 0 aliphatic rings. The Kier molecular flexibility index (Phi) is 5.23. The van der Waals surface area contributed by atoms with Crippen LogP contribution in [0, 0.1) is 0 Å². The normalized spacial score (nSPS) is 12.1. The summed E-state index contributed by atoms with van der Waals surface area (Å²) in [6, 6.07) is 17.3. The highest BCUT2D eigenvalue weighted by atomic mass is 35.5. The summed E-state index contributed by atoms with van der Waals surface area (Å²) in [5.41, 5.74) is 3.86. The van der Waals surface area contributed by atoms with Crippen LogP contribution in [0.15, 0.2) is 67.0 Å². The van der Waals surface area contributed by atoms with E-state index in [1.165, 1.54) is 6.92 Å². The van der Waals surface area contributed by atoms with Crippen LogP contribution >= 0.6 is 11.6 Å². The van der Waals surface area contributed by atoms with Crippen LogP contribution in [0.4, 0.5) is 0 Å². The maximum atomic E-state index is 12.6. The van der Waals surface area contributed by atoms with Crippen molar-refractivity contribution in [2.24, 2.45) is 0 Å². The molecule has 0 saturated carbocycles. The summed E-state index contributed by atoms with van der Waals surface area (Å²) < 4.78 is 0. The summed E-state index contributed by atoms with van der Waals surface area (Å²) in [7, 11) is 0. The van der Waals surface area contributed by atoms with Gasteiger partial charge in [-0.25, -0.2) is 0 Å². The molecular formula is C23H20ClN3O2. The fourth-order valence-corrected chi connectivity index (χ4v) is 3.81. The molecule has 4 rings (SSSR count). The van der Waals surface area contributed by atoms with Crippen LogP contribution in [0.3, 0.4) is 0 Å². The molecule has 1 amide bonds. The third-order valence-corrected chi connectivity index (χ3v) is 5.42. The smallest absolute Gasteiger partial charge is 0.267 e. The Bertz CT molecular complexity index is 1190. The fraction of sp³-hybridized carbons (Fsp3) is 0.130. The summed E-state index contributed by atoms with van der Waals surface area (Å²) in [4.78, 5) is 30.3. The van der Waals surface area contributed by atoms with Crippen LogP contribution < -0.4 is 5.32 Å². The van der Waals surface area contributed by atoms with Crippen LogP contribution in [0.25, 0.3) is 10.9 Å². The predicted molar refractivity (Wildman–Crippen MR) is 115 cm³/mol. The van der Waals surface area contributed by atoms with Gasteiger partial charge >= 0.3 is 0 Å². The van der Waals surface area contributed by atoms with E-state index in [9.17, 15) is 9.59 Å². The fourth-order valence-electron chi connectivity index (χ4n) is 3.55. The summed E-state index contributed by atoms with van der Waals surface area (Å²) in [5.74, 6) is -0.492. The number of benzene rings is 2. The van der Waals surface area contributed by atoms with E-state index in [-0.39, 0.29) is 17.6 Å². The third kappa shape index (κ3) is 3.82. The van der Waals surface area contributed by atoms with Crippen LogP contribution in [-0.2, 0) is 0 Å². The summed E-state index contributed by atoms with van der Waals surface area (Å²) in [6.45, 7) is 1.83. The monoisotopic (exact) mass is 405 g/mol. The highest BCUT2D eigenvalue weighted by Gasteiger charge is 2.22. The van der Waals surface area contributed by atoms with E-state index in [1.807, 2.05) is 48.7 Å². The summed E-state index contributed by atoms with van der Waals surface area (Å²) in [6.07, 6.45) is 3.51. The predicted octanol–water partition coefficient (Wildman–Crippen LogP) is 4.91. The average Bonchev–Trinajstić information content (AvgIpc) is 3.37. The maximum absolute atomic E-state index is 12.6. The molecule has 6 heteroatoms. The van der Waals surface area contributed by atoms with Gasteiger partial charge in [0.1, 0.15) is 5.69 Å². The molecule has 0 saturated heterocycles. The van der Waals surface area contributed by atoms with Gasteiger partial charge in [-0.05, 0) is 36.2 Å². The summed E-state index contributed by atoms with van der Waals surface area (Å²) in [5, 5.41) is 4.71. The van der Waals surface area contributed by atoms with E-state index >= 15 is 0 Å². The molecule has 0 aliphatic carbocycles. The van der Waals surface area contributed by atoms with Gasteiger partial charge in [-0.15, -0.1) is 0 Å². The molecule has 0 radical (unpaired) electrons. The Balaban J connectivity index is 1.65. The molecule has 0 aliphatic heterocycles. The van der Waals surface area contributed by atoms with Gasteiger partial charge in [-0.3, -0.25) is 9.59 Å². The van der Waals surface area contributed by atoms with Gasteiger partial charge in [0, 0.05) is 46.3 Å². The number of para-hydroxylation sites is 1. The van der Waals surface area contributed by atoms with Crippen molar-refractivity contribution in [3.8, 4) is 0 Å². The Morgan fingerprint density at radius 1 is 1.00 bits per heavy atom. The molecule has 0 bridgehead atoms. The van der Waals surface area contributed by atoms with E-state index in [0.29, 0.717) is 22.8 Å². The molecular weight excluding hydrogens is 386 g/mol. The number of halogens is 1. The molecule has 2 aromatic heterocycles. The van der Waals surface area contributed by atoms with Crippen molar-refractivity contribution < 1.29 is 9.59 Å². The molecule has 0 fully saturated rings. The second-order valence-corrected chi connectivity index (χ2v) is 7.34. The zero-order valence-corrected chi connectivity index (χ0v) is 16.6. The lowest BCUT2D eigenvalue weighted by Gasteiger charge is -2.19. The Hall–Kier alpha value is -3.31. The number of hydrogen-bond donors (Lipinski definition) is 3. The minimum atomic E-state index is -0.269. The number of ketones is 1. The zero-order valence-electron chi connectivity index (χ0n) is 15.8. The quantitative estimate of drug-likeness (QED) is 0.398. The number of aromatic amines is 2. The maximum Gasteiger partial charge on any atom is 0.267 e. The molecule has 5 nitrogen and oxygen atoms in total. The topological polar surface area (TPSA) is 77.8 Å². The Morgan fingerprint density at radius 3 is 2.52 bits per heavy atom. The van der Waals surface area contributed by atoms with Gasteiger partial charge in [-0.2, -0.15) is 0 Å². The number of carbonyl (C=O) groups is 2. The highest BCUT2D eigenvalue weighted by Crippen LogP contribution is 2.34. The molecule has 0 unspecified atom stereocenters. The number of rotatable bonds is 6. The molecule has 1 atom stereocenters. The van der Waals surface area contributed by atoms with E-state index < -0.39 is 0 Å². The van der Waals surface area contributed by atoms with Crippen molar-refractivity contribution >= 4 is 34.2 Å². The van der Waals surface area contributed by atoms with Gasteiger partial charge < -0.3 is 15.3 Å². The van der Waals surface area contributed by atoms with Crippen LogP contribution in [0.1, 0.15) is 44.8 Å². The Labute approximate surface area is 173 Å². The van der Waals surface area contributed by atoms with Crippen molar-refractivity contribution in [1.29, 1.82) is 0 Å². The van der Waals surface area contributed by atoms with Gasteiger partial charge in [0.25, 0.3) is 5.91 Å². The number of amides is 1. The van der Waals surface area contributed by atoms with E-state index in [2.05, 4.69) is 21.4 Å². The lowest BCUT2D eigenvalue weighted by Crippen LogP contribution is -2.29. The largest absolute Gasteiger partial charge is 0.361 e. The molecule has 0 spiro atoms. The number of nitrogens with one attached hydrogen (secondary N) is 3. The Morgan fingerprint density at radius 2 is 1.76 bits per heavy atom. The van der Waals surface area contributed by atoms with Gasteiger partial charge in [0.15, 0.2) is 5.78 Å². The first-order valence-electron chi connectivity index (χ1n) is 9.32. The SMILES string of the molecule is CC(=O)c1c[nH]c(C(=O)NC[C@@H](c2ccccc2Cl)c2c[nH]c3ccccc23)c1. The third-order valence-electron chi connectivity index (χ3n) is 5.08. The van der Waals surface area contributed by atoms with Crippen molar-refractivity contribution in [3.05, 3.63) is 94.4 Å². The van der Waals surface area contributed by atoms with Gasteiger partial charge in [0.2, 0.25) is 0 Å². The van der Waals surface area contributed by atoms with Crippen molar-refractivity contribution in [3.63, 3.8) is 0 Å². The van der Waals surface area contributed by atoms with Gasteiger partial charge in [0.05, 0.1) is 0 Å². The minimum Gasteiger partial charge on any atom is -0.361 e. The first-order valence-corrected chi connectivity index (χ1v) is 9.70. The lowest BCUT2D eigenvalue weighted by atomic mass is 9.90. The van der Waals surface area contributed by atoms with Crippen molar-refractivity contribution in [1.82, 2.24) is 15.3 Å². The molecule has 2 heterocycles. The molecule has 3 N–H and O–H groups in total. The first kappa shape index (κ1) is 19.0. The molecule has 29 heavy (non-hydrogen) atoms. The molecule has 4 aromatic rings. The van der Waals surface area contributed by atoms with Crippen molar-refractivity contribution in [2.75, 3.05) is 6.54 Å². The second-order valence-electron chi connectivity index (χ2n) is 6.93. The summed E-state index contributed by atoms with van der Waals surface area (Å²) >= 11 is 6.49.